The predicted molar refractivity (Wildman–Crippen MR) is 152 cm³/mol. The average Bonchev–Trinajstić information content (AvgIpc) is 3.20. The first-order valence-corrected chi connectivity index (χ1v) is 15.0. The van der Waals surface area contributed by atoms with Gasteiger partial charge in [-0.25, -0.2) is 8.42 Å². The molecule has 3 aromatic rings. The summed E-state index contributed by atoms with van der Waals surface area (Å²) in [5.41, 5.74) is 0.118. The molecule has 2 N–H and O–H groups in total. The molecule has 4 rings (SSSR count). The van der Waals surface area contributed by atoms with Crippen molar-refractivity contribution in [2.75, 3.05) is 13.1 Å². The monoisotopic (exact) mass is 556 g/mol. The lowest BCUT2D eigenvalue weighted by molar-refractivity contribution is -0.124. The minimum atomic E-state index is -3.83. The van der Waals surface area contributed by atoms with Crippen molar-refractivity contribution in [1.82, 2.24) is 14.9 Å². The van der Waals surface area contributed by atoms with Crippen molar-refractivity contribution in [3.63, 3.8) is 0 Å². The van der Waals surface area contributed by atoms with Gasteiger partial charge in [0.1, 0.15) is 12.1 Å². The highest BCUT2D eigenvalue weighted by molar-refractivity contribution is 7.89. The maximum Gasteiger partial charge on any atom is 0.262 e. The van der Waals surface area contributed by atoms with Crippen LogP contribution < -0.4 is 10.6 Å². The molecule has 8 nitrogen and oxygen atoms in total. The molecule has 0 spiro atoms. The highest BCUT2D eigenvalue weighted by atomic mass is 32.2. The fraction of sp³-hybridized carbons (Fsp3) is 0.393. The van der Waals surface area contributed by atoms with Gasteiger partial charge in [0.2, 0.25) is 15.9 Å². The van der Waals surface area contributed by atoms with Gasteiger partial charge in [0, 0.05) is 26.7 Å². The smallest absolute Gasteiger partial charge is 0.262 e. The average molecular weight is 557 g/mol. The molecule has 2 aromatic carbocycles. The van der Waals surface area contributed by atoms with E-state index >= 15 is 0 Å². The third-order valence-electron chi connectivity index (χ3n) is 6.64. The van der Waals surface area contributed by atoms with Crippen LogP contribution in [0.25, 0.3) is 10.1 Å². The Kier molecular flexibility index (Phi) is 8.82. The van der Waals surface area contributed by atoms with E-state index in [2.05, 4.69) is 10.6 Å². The lowest BCUT2D eigenvalue weighted by Gasteiger charge is -2.24. The van der Waals surface area contributed by atoms with E-state index in [0.29, 0.717) is 37.1 Å². The van der Waals surface area contributed by atoms with E-state index in [4.69, 9.17) is 0 Å². The van der Waals surface area contributed by atoms with Gasteiger partial charge < -0.3 is 10.6 Å². The third kappa shape index (κ3) is 6.41. The number of benzene rings is 2. The molecule has 2 heterocycles. The molecule has 2 amide bonds. The summed E-state index contributed by atoms with van der Waals surface area (Å²) in [6.45, 7) is 4.54. The van der Waals surface area contributed by atoms with Gasteiger partial charge >= 0.3 is 0 Å². The Morgan fingerprint density at radius 2 is 1.87 bits per heavy atom. The fourth-order valence-electron chi connectivity index (χ4n) is 4.71. The van der Waals surface area contributed by atoms with E-state index in [1.165, 1.54) is 27.8 Å². The molecule has 0 radical (unpaired) electrons. The van der Waals surface area contributed by atoms with Gasteiger partial charge in [-0.1, -0.05) is 44.2 Å². The first kappa shape index (κ1) is 27.8. The number of rotatable bonds is 8. The van der Waals surface area contributed by atoms with E-state index in [0.717, 1.165) is 10.1 Å². The maximum absolute atomic E-state index is 13.3. The number of carbonyl (C=O) groups is 2. The largest absolute Gasteiger partial charge is 0.352 e. The molecule has 0 bridgehead atoms. The van der Waals surface area contributed by atoms with Crippen molar-refractivity contribution < 1.29 is 20.9 Å². The first-order valence-electron chi connectivity index (χ1n) is 12.8. The summed E-state index contributed by atoms with van der Waals surface area (Å²) in [4.78, 5) is 26.9. The molecule has 0 aliphatic carbocycles. The Labute approximate surface area is 230 Å². The van der Waals surface area contributed by atoms with Gasteiger partial charge in [-0.2, -0.15) is 9.57 Å². The van der Waals surface area contributed by atoms with Crippen LogP contribution in [0.3, 0.4) is 0 Å². The Morgan fingerprint density at radius 1 is 1.13 bits per heavy atom. The number of nitrogens with zero attached hydrogens (tertiary/aromatic N) is 2. The summed E-state index contributed by atoms with van der Waals surface area (Å²) in [7, 11) is -3.83. The number of nitrogens with one attached hydrogen (secondary N) is 2. The Bertz CT molecular complexity index is 1440. The summed E-state index contributed by atoms with van der Waals surface area (Å²) < 4.78 is 28.9. The van der Waals surface area contributed by atoms with E-state index < -0.39 is 16.1 Å². The van der Waals surface area contributed by atoms with Crippen LogP contribution in [0, 0.1) is 17.2 Å². The zero-order chi connectivity index (χ0) is 27.3. The molecule has 1 aliphatic rings. The maximum atomic E-state index is 13.3. The van der Waals surface area contributed by atoms with E-state index in [1.54, 1.807) is 12.1 Å². The summed E-state index contributed by atoms with van der Waals surface area (Å²) in [5.74, 6) is -0.353. The van der Waals surface area contributed by atoms with E-state index in [1.807, 2.05) is 50.2 Å². The van der Waals surface area contributed by atoms with Gasteiger partial charge in [0.05, 0.1) is 15.3 Å². The van der Waals surface area contributed by atoms with Gasteiger partial charge in [-0.3, -0.25) is 9.59 Å². The van der Waals surface area contributed by atoms with Gasteiger partial charge in [-0.15, -0.1) is 11.3 Å². The van der Waals surface area contributed by atoms with Crippen molar-refractivity contribution in [2.24, 2.45) is 5.92 Å². The molecule has 204 valence electrons. The number of hydrogen-bond acceptors (Lipinski definition) is 6. The summed E-state index contributed by atoms with van der Waals surface area (Å²) in [6, 6.07) is 16.8. The molecule has 1 aromatic heterocycles. The number of fused-ring (bicyclic) bond motifs is 1. The van der Waals surface area contributed by atoms with Crippen molar-refractivity contribution in [1.29, 1.82) is 5.26 Å². The van der Waals surface area contributed by atoms with Gasteiger partial charge in [0.15, 0.2) is 0 Å². The number of carbonyl (C=O) groups excluding carboxylic acids is 2. The zero-order valence-corrected chi connectivity index (χ0v) is 23.1. The van der Waals surface area contributed by atoms with Crippen molar-refractivity contribution in [3.05, 3.63) is 65.0 Å². The highest BCUT2D eigenvalue weighted by Gasteiger charge is 2.31. The second-order valence-electron chi connectivity index (χ2n) is 9.95. The standard InChI is InChI=1S/C28H32N4O4S2.2H2/c1-19(2)16-23(31-28(34)25-17-20-8-3-5-11-24(20)37-25)27(33)30-22-10-7-14-32(15-13-22)38(35,36)26-12-6-4-9-21(26)18-29;;/h3-6,8-9,11-12,17,19,22-23H,7,10,13-16H2,1-2H3,(H,30,33)(H,31,34);2*1H/t22-,23+;;/m1../s1. The predicted octanol–water partition coefficient (Wildman–Crippen LogP) is 4.77. The van der Waals surface area contributed by atoms with Crippen LogP contribution in [0.1, 0.15) is 57.6 Å². The first-order chi connectivity index (χ1) is 18.2. The minimum absolute atomic E-state index is 0. The van der Waals surface area contributed by atoms with Crippen molar-refractivity contribution in [3.8, 4) is 6.07 Å². The molecule has 0 saturated carbocycles. The number of nitriles is 1. The Hall–Kier alpha value is -3.26. The van der Waals surface area contributed by atoms with Crippen LogP contribution in [0.4, 0.5) is 0 Å². The Balaban J connectivity index is 0.00000280. The molecular formula is C28H36N4O4S2. The lowest BCUT2D eigenvalue weighted by Crippen LogP contribution is -2.50. The normalized spacial score (nSPS) is 17.5. The molecule has 2 atom stereocenters. The molecule has 38 heavy (non-hydrogen) atoms. The summed E-state index contributed by atoms with van der Waals surface area (Å²) >= 11 is 1.39. The molecule has 10 heteroatoms. The third-order valence-corrected chi connectivity index (χ3v) is 9.71. The van der Waals surface area contributed by atoms with E-state index in [-0.39, 0.29) is 43.6 Å². The van der Waals surface area contributed by atoms with Crippen molar-refractivity contribution in [2.45, 2.75) is 56.5 Å². The van der Waals surface area contributed by atoms with Gasteiger partial charge in [0.25, 0.3) is 5.91 Å². The molecule has 0 unspecified atom stereocenters. The lowest BCUT2D eigenvalue weighted by atomic mass is 10.0. The summed E-state index contributed by atoms with van der Waals surface area (Å²) in [5, 5.41) is 16.3. The molecule has 1 aliphatic heterocycles. The van der Waals surface area contributed by atoms with E-state index in [9.17, 15) is 23.3 Å². The highest BCUT2D eigenvalue weighted by Crippen LogP contribution is 2.26. The summed E-state index contributed by atoms with van der Waals surface area (Å²) in [6.07, 6.45) is 2.12. The zero-order valence-electron chi connectivity index (χ0n) is 21.5. The molecule has 1 saturated heterocycles. The number of hydrogen-bond donors (Lipinski definition) is 2. The second-order valence-corrected chi connectivity index (χ2v) is 12.9. The molecular weight excluding hydrogens is 520 g/mol. The van der Waals surface area contributed by atoms with Crippen LogP contribution in [-0.2, 0) is 14.8 Å². The topological polar surface area (TPSA) is 119 Å². The van der Waals surface area contributed by atoms with Crippen LogP contribution >= 0.6 is 11.3 Å². The Morgan fingerprint density at radius 3 is 2.61 bits per heavy atom. The van der Waals surface area contributed by atoms with Crippen LogP contribution in [0.15, 0.2) is 59.5 Å². The van der Waals surface area contributed by atoms with Crippen LogP contribution in [0.2, 0.25) is 0 Å². The molecule has 1 fully saturated rings. The minimum Gasteiger partial charge on any atom is -0.352 e. The van der Waals surface area contributed by atoms with Crippen LogP contribution in [0.5, 0.6) is 0 Å². The second kappa shape index (κ2) is 12.1. The number of sulfonamides is 1. The van der Waals surface area contributed by atoms with Crippen molar-refractivity contribution >= 4 is 43.3 Å². The number of thiophene rings is 1. The quantitative estimate of drug-likeness (QED) is 0.414. The fourth-order valence-corrected chi connectivity index (χ4v) is 7.31. The van der Waals surface area contributed by atoms with Gasteiger partial charge in [-0.05, 0) is 61.3 Å². The number of amides is 2. The van der Waals surface area contributed by atoms with Crippen LogP contribution in [-0.4, -0.2) is 49.7 Å². The SMILES string of the molecule is CC(C)C[C@H](NC(=O)c1cc2ccccc2s1)C(=O)N[C@@H]1CCCN(S(=O)(=O)c2ccccc2C#N)CC1.[HH].[HH].